The summed E-state index contributed by atoms with van der Waals surface area (Å²) in [5.41, 5.74) is 0. The van der Waals surface area contributed by atoms with Crippen LogP contribution in [0.5, 0.6) is 0 Å². The summed E-state index contributed by atoms with van der Waals surface area (Å²) in [6.45, 7) is 5.92. The first-order valence-corrected chi connectivity index (χ1v) is 8.61. The van der Waals surface area contributed by atoms with Gasteiger partial charge in [-0.15, -0.1) is 0 Å². The Labute approximate surface area is 118 Å². The number of nitrogens with one attached hydrogen (secondary N) is 1. The highest BCUT2D eigenvalue weighted by molar-refractivity contribution is 4.87. The monoisotopic (exact) mass is 265 g/mol. The van der Waals surface area contributed by atoms with Crippen LogP contribution in [0.25, 0.3) is 0 Å². The van der Waals surface area contributed by atoms with E-state index in [0.29, 0.717) is 12.2 Å². The molecule has 2 nitrogen and oxygen atoms in total. The highest BCUT2D eigenvalue weighted by atomic mass is 16.5. The maximum Gasteiger partial charge on any atom is 0.0703 e. The van der Waals surface area contributed by atoms with Gasteiger partial charge in [0.1, 0.15) is 0 Å². The second kappa shape index (κ2) is 6.13. The number of hydrogen-bond acceptors (Lipinski definition) is 2. The molecule has 1 heterocycles. The highest BCUT2D eigenvalue weighted by Gasteiger charge is 2.35. The van der Waals surface area contributed by atoms with E-state index in [4.69, 9.17) is 4.74 Å². The first-order valence-electron chi connectivity index (χ1n) is 8.61. The van der Waals surface area contributed by atoms with Gasteiger partial charge in [-0.05, 0) is 69.1 Å². The van der Waals surface area contributed by atoms with Crippen LogP contribution in [0.3, 0.4) is 0 Å². The van der Waals surface area contributed by atoms with Crippen molar-refractivity contribution in [2.75, 3.05) is 6.54 Å². The second-order valence-corrected chi connectivity index (χ2v) is 7.44. The molecule has 110 valence electrons. The molecule has 0 amide bonds. The van der Waals surface area contributed by atoms with Crippen molar-refractivity contribution < 1.29 is 4.74 Å². The van der Waals surface area contributed by atoms with E-state index in [9.17, 15) is 0 Å². The van der Waals surface area contributed by atoms with Crippen LogP contribution in [-0.4, -0.2) is 24.8 Å². The van der Waals surface area contributed by atoms with Crippen LogP contribution in [0, 0.1) is 17.8 Å². The molecule has 1 aliphatic heterocycles. The molecule has 3 rings (SSSR count). The quantitative estimate of drug-likeness (QED) is 0.836. The number of hydrogen-bond donors (Lipinski definition) is 1. The van der Waals surface area contributed by atoms with Gasteiger partial charge in [-0.1, -0.05) is 13.8 Å². The summed E-state index contributed by atoms with van der Waals surface area (Å²) in [5.74, 6) is 2.72. The topological polar surface area (TPSA) is 21.3 Å². The van der Waals surface area contributed by atoms with E-state index in [2.05, 4.69) is 19.2 Å². The van der Waals surface area contributed by atoms with Crippen LogP contribution in [0.2, 0.25) is 0 Å². The molecular weight excluding hydrogens is 234 g/mol. The lowest BCUT2D eigenvalue weighted by atomic mass is 9.79. The summed E-state index contributed by atoms with van der Waals surface area (Å²) in [6.07, 6.45) is 12.0. The molecule has 3 fully saturated rings. The Kier molecular flexibility index (Phi) is 4.48. The summed E-state index contributed by atoms with van der Waals surface area (Å²) in [7, 11) is 0. The molecule has 1 N–H and O–H groups in total. The first kappa shape index (κ1) is 13.9. The van der Waals surface area contributed by atoms with E-state index in [1.54, 1.807) is 0 Å². The molecule has 0 aromatic heterocycles. The van der Waals surface area contributed by atoms with E-state index in [0.717, 1.165) is 30.3 Å². The van der Waals surface area contributed by atoms with Crippen molar-refractivity contribution in [1.29, 1.82) is 0 Å². The maximum atomic E-state index is 6.29. The number of ether oxygens (including phenoxy) is 1. The standard InChI is InChI=1S/C17H31NO/c1-12-6-9-15(10-13(12)2)18-11-16-4-3-5-17(19-16)14-7-8-14/h12-18H,3-11H2,1-2H3. The minimum Gasteiger partial charge on any atom is -0.373 e. The van der Waals surface area contributed by atoms with Crippen molar-refractivity contribution in [3.63, 3.8) is 0 Å². The molecule has 2 heteroatoms. The van der Waals surface area contributed by atoms with Crippen molar-refractivity contribution in [1.82, 2.24) is 5.32 Å². The highest BCUT2D eigenvalue weighted by Crippen LogP contribution is 2.39. The fraction of sp³-hybridized carbons (Fsp3) is 1.00. The zero-order valence-corrected chi connectivity index (χ0v) is 12.7. The zero-order valence-electron chi connectivity index (χ0n) is 12.7. The smallest absolute Gasteiger partial charge is 0.0703 e. The third kappa shape index (κ3) is 3.72. The summed E-state index contributed by atoms with van der Waals surface area (Å²) >= 11 is 0. The van der Waals surface area contributed by atoms with Crippen LogP contribution in [0.1, 0.15) is 65.2 Å². The Morgan fingerprint density at radius 3 is 2.53 bits per heavy atom. The van der Waals surface area contributed by atoms with E-state index in [1.165, 1.54) is 51.4 Å². The second-order valence-electron chi connectivity index (χ2n) is 7.44. The van der Waals surface area contributed by atoms with E-state index in [-0.39, 0.29) is 0 Å². The van der Waals surface area contributed by atoms with Gasteiger partial charge < -0.3 is 10.1 Å². The van der Waals surface area contributed by atoms with Gasteiger partial charge in [0.05, 0.1) is 12.2 Å². The minimum atomic E-state index is 0.494. The largest absolute Gasteiger partial charge is 0.373 e. The Morgan fingerprint density at radius 1 is 0.947 bits per heavy atom. The van der Waals surface area contributed by atoms with Crippen molar-refractivity contribution >= 4 is 0 Å². The number of rotatable bonds is 4. The summed E-state index contributed by atoms with van der Waals surface area (Å²) < 4.78 is 6.29. The summed E-state index contributed by atoms with van der Waals surface area (Å²) in [6, 6.07) is 0.746. The van der Waals surface area contributed by atoms with E-state index in [1.807, 2.05) is 0 Å². The fourth-order valence-electron chi connectivity index (χ4n) is 3.93. The van der Waals surface area contributed by atoms with Crippen LogP contribution in [-0.2, 0) is 4.74 Å². The first-order chi connectivity index (χ1) is 9.22. The zero-order chi connectivity index (χ0) is 13.2. The van der Waals surface area contributed by atoms with Gasteiger partial charge >= 0.3 is 0 Å². The van der Waals surface area contributed by atoms with E-state index < -0.39 is 0 Å². The molecule has 3 aliphatic rings. The van der Waals surface area contributed by atoms with Gasteiger partial charge in [0, 0.05) is 12.6 Å². The lowest BCUT2D eigenvalue weighted by Crippen LogP contribution is -2.43. The lowest BCUT2D eigenvalue weighted by molar-refractivity contribution is -0.0598. The Bertz CT molecular complexity index is 289. The van der Waals surface area contributed by atoms with Gasteiger partial charge in [-0.2, -0.15) is 0 Å². The average Bonchev–Trinajstić information content (AvgIpc) is 3.25. The minimum absolute atomic E-state index is 0.494. The van der Waals surface area contributed by atoms with Crippen molar-refractivity contribution in [3.05, 3.63) is 0 Å². The molecule has 0 spiro atoms. The molecule has 0 radical (unpaired) electrons. The van der Waals surface area contributed by atoms with Crippen LogP contribution in [0.4, 0.5) is 0 Å². The third-order valence-corrected chi connectivity index (χ3v) is 5.76. The summed E-state index contributed by atoms with van der Waals surface area (Å²) in [4.78, 5) is 0. The average molecular weight is 265 g/mol. The molecule has 5 unspecified atom stereocenters. The predicted molar refractivity (Wildman–Crippen MR) is 79.2 cm³/mol. The van der Waals surface area contributed by atoms with Crippen LogP contribution >= 0.6 is 0 Å². The molecule has 0 aromatic rings. The Hall–Kier alpha value is -0.0800. The Balaban J connectivity index is 1.39. The molecular formula is C17H31NO. The van der Waals surface area contributed by atoms with Gasteiger partial charge in [-0.3, -0.25) is 0 Å². The van der Waals surface area contributed by atoms with E-state index >= 15 is 0 Å². The molecule has 2 aliphatic carbocycles. The van der Waals surface area contributed by atoms with Gasteiger partial charge in [0.15, 0.2) is 0 Å². The lowest BCUT2D eigenvalue weighted by Gasteiger charge is -2.35. The van der Waals surface area contributed by atoms with Gasteiger partial charge in [-0.25, -0.2) is 0 Å². The van der Waals surface area contributed by atoms with Crippen LogP contribution < -0.4 is 5.32 Å². The Morgan fingerprint density at radius 2 is 1.79 bits per heavy atom. The van der Waals surface area contributed by atoms with Gasteiger partial charge in [0.25, 0.3) is 0 Å². The van der Waals surface area contributed by atoms with Crippen molar-refractivity contribution in [3.8, 4) is 0 Å². The molecule has 5 atom stereocenters. The van der Waals surface area contributed by atoms with Crippen LogP contribution in [0.15, 0.2) is 0 Å². The molecule has 0 aromatic carbocycles. The maximum absolute atomic E-state index is 6.29. The predicted octanol–water partition coefficient (Wildman–Crippen LogP) is 3.75. The fourth-order valence-corrected chi connectivity index (χ4v) is 3.93. The molecule has 2 saturated carbocycles. The molecule has 1 saturated heterocycles. The van der Waals surface area contributed by atoms with Crippen molar-refractivity contribution in [2.24, 2.45) is 17.8 Å². The normalized spacial score (nSPS) is 44.2. The van der Waals surface area contributed by atoms with Gasteiger partial charge in [0.2, 0.25) is 0 Å². The molecule has 0 bridgehead atoms. The SMILES string of the molecule is CC1CCC(NCC2CCCC(C3CC3)O2)CC1C. The summed E-state index contributed by atoms with van der Waals surface area (Å²) in [5, 5.41) is 3.80. The molecule has 19 heavy (non-hydrogen) atoms. The van der Waals surface area contributed by atoms with Crippen molar-refractivity contribution in [2.45, 2.75) is 83.5 Å². The third-order valence-electron chi connectivity index (χ3n) is 5.76.